The molecule has 130 valence electrons. The number of hydrogen-bond donors (Lipinski definition) is 1. The van der Waals surface area contributed by atoms with Crippen LogP contribution in [0.2, 0.25) is 0 Å². The zero-order chi connectivity index (χ0) is 18.4. The molecule has 0 saturated heterocycles. The van der Waals surface area contributed by atoms with Gasteiger partial charge in [0.15, 0.2) is 5.65 Å². The van der Waals surface area contributed by atoms with E-state index in [1.165, 1.54) is 28.9 Å². The Morgan fingerprint density at radius 3 is 2.54 bits per heavy atom. The quantitative estimate of drug-likeness (QED) is 0.598. The van der Waals surface area contributed by atoms with Crippen LogP contribution < -0.4 is 5.63 Å². The first-order chi connectivity index (χ1) is 12.5. The van der Waals surface area contributed by atoms with Crippen LogP contribution in [0.3, 0.4) is 0 Å². The van der Waals surface area contributed by atoms with Crippen LogP contribution in [-0.4, -0.2) is 19.7 Å². The molecular weight excluding hydrogens is 337 g/mol. The van der Waals surface area contributed by atoms with Gasteiger partial charge in [-0.25, -0.2) is 18.7 Å². The number of nitrogens with zero attached hydrogens (tertiary/aromatic N) is 3. The van der Waals surface area contributed by atoms with Gasteiger partial charge in [0.25, 0.3) is 0 Å². The molecule has 0 amide bonds. The van der Waals surface area contributed by atoms with Gasteiger partial charge in [-0.15, -0.1) is 0 Å². The highest BCUT2D eigenvalue weighted by molar-refractivity contribution is 5.81. The average Bonchev–Trinajstić information content (AvgIpc) is 2.91. The minimum Gasteiger partial charge on any atom is -0.507 e. The Kier molecular flexibility index (Phi) is 3.57. The van der Waals surface area contributed by atoms with Gasteiger partial charge in [0.1, 0.15) is 22.9 Å². The molecule has 0 radical (unpaired) electrons. The fourth-order valence-electron chi connectivity index (χ4n) is 3.03. The molecule has 0 aliphatic rings. The highest BCUT2D eigenvalue weighted by atomic mass is 19.1. The van der Waals surface area contributed by atoms with Gasteiger partial charge in [0.2, 0.25) is 0 Å². The van der Waals surface area contributed by atoms with Gasteiger partial charge in [-0.2, -0.15) is 5.10 Å². The molecule has 0 unspecified atom stereocenters. The van der Waals surface area contributed by atoms with E-state index in [1.807, 2.05) is 0 Å². The maximum atomic E-state index is 13.2. The molecule has 0 bridgehead atoms. The van der Waals surface area contributed by atoms with Crippen molar-refractivity contribution in [1.82, 2.24) is 14.6 Å². The lowest BCUT2D eigenvalue weighted by molar-refractivity contribution is 0.437. The number of aromatic nitrogens is 3. The van der Waals surface area contributed by atoms with Crippen LogP contribution in [0.5, 0.6) is 5.75 Å². The standard InChI is InChI=1S/C19H14FN3O3/c1-10-9-15(24)17(19(25)26-10)14-7-8-21-18-16(11(2)22-23(14)18)12-3-5-13(20)6-4-12/h3-9,24H,1-2H3. The van der Waals surface area contributed by atoms with Gasteiger partial charge in [0, 0.05) is 17.8 Å². The molecule has 1 aromatic carbocycles. The number of fused-ring (bicyclic) bond motifs is 1. The van der Waals surface area contributed by atoms with Gasteiger partial charge in [0.05, 0.1) is 11.4 Å². The maximum Gasteiger partial charge on any atom is 0.349 e. The SMILES string of the molecule is Cc1cc(O)c(-c2ccnc3c(-c4ccc(F)cc4)c(C)nn23)c(=O)o1. The van der Waals surface area contributed by atoms with Crippen LogP contribution in [0.1, 0.15) is 11.5 Å². The average molecular weight is 351 g/mol. The molecule has 3 heterocycles. The molecule has 26 heavy (non-hydrogen) atoms. The summed E-state index contributed by atoms with van der Waals surface area (Å²) in [6.07, 6.45) is 1.53. The summed E-state index contributed by atoms with van der Waals surface area (Å²) >= 11 is 0. The van der Waals surface area contributed by atoms with E-state index in [1.54, 1.807) is 32.0 Å². The Bertz CT molecular complexity index is 1190. The van der Waals surface area contributed by atoms with E-state index in [2.05, 4.69) is 10.1 Å². The van der Waals surface area contributed by atoms with E-state index in [0.29, 0.717) is 22.8 Å². The smallest absolute Gasteiger partial charge is 0.349 e. The number of rotatable bonds is 2. The van der Waals surface area contributed by atoms with E-state index < -0.39 is 5.63 Å². The molecule has 4 rings (SSSR count). The number of hydrogen-bond acceptors (Lipinski definition) is 5. The van der Waals surface area contributed by atoms with Crippen molar-refractivity contribution in [3.63, 3.8) is 0 Å². The lowest BCUT2D eigenvalue weighted by atomic mass is 10.1. The molecule has 0 aliphatic carbocycles. The molecular formula is C19H14FN3O3. The molecule has 0 saturated carbocycles. The Morgan fingerprint density at radius 1 is 1.12 bits per heavy atom. The monoisotopic (exact) mass is 351 g/mol. The highest BCUT2D eigenvalue weighted by Gasteiger charge is 2.20. The van der Waals surface area contributed by atoms with Crippen LogP contribution in [0.15, 0.2) is 51.8 Å². The first-order valence-electron chi connectivity index (χ1n) is 7.90. The Morgan fingerprint density at radius 2 is 1.85 bits per heavy atom. The molecule has 3 aromatic heterocycles. The summed E-state index contributed by atoms with van der Waals surface area (Å²) in [6.45, 7) is 3.38. The van der Waals surface area contributed by atoms with Gasteiger partial charge < -0.3 is 9.52 Å². The summed E-state index contributed by atoms with van der Waals surface area (Å²) in [5, 5.41) is 14.7. The third-order valence-corrected chi connectivity index (χ3v) is 4.14. The molecule has 1 N–H and O–H groups in total. The maximum absolute atomic E-state index is 13.2. The third-order valence-electron chi connectivity index (χ3n) is 4.14. The molecule has 7 heteroatoms. The zero-order valence-corrected chi connectivity index (χ0v) is 14.0. The second-order valence-electron chi connectivity index (χ2n) is 5.94. The largest absolute Gasteiger partial charge is 0.507 e. The summed E-state index contributed by atoms with van der Waals surface area (Å²) in [6, 6.07) is 8.97. The number of aromatic hydroxyl groups is 1. The lowest BCUT2D eigenvalue weighted by Gasteiger charge is -2.06. The molecule has 4 aromatic rings. The van der Waals surface area contributed by atoms with Crippen molar-refractivity contribution in [3.8, 4) is 28.1 Å². The first-order valence-corrected chi connectivity index (χ1v) is 7.90. The Balaban J connectivity index is 2.02. The van der Waals surface area contributed by atoms with Crippen LogP contribution >= 0.6 is 0 Å². The zero-order valence-electron chi connectivity index (χ0n) is 14.0. The lowest BCUT2D eigenvalue weighted by Crippen LogP contribution is -2.08. The fourth-order valence-corrected chi connectivity index (χ4v) is 3.03. The van der Waals surface area contributed by atoms with E-state index >= 15 is 0 Å². The van der Waals surface area contributed by atoms with Gasteiger partial charge in [-0.1, -0.05) is 12.1 Å². The van der Waals surface area contributed by atoms with Crippen LogP contribution in [0, 0.1) is 19.7 Å². The predicted octanol–water partition coefficient (Wildman–Crippen LogP) is 3.48. The van der Waals surface area contributed by atoms with E-state index in [0.717, 1.165) is 11.1 Å². The summed E-state index contributed by atoms with van der Waals surface area (Å²) in [7, 11) is 0. The van der Waals surface area contributed by atoms with Gasteiger partial charge >= 0.3 is 5.63 Å². The number of halogens is 1. The van der Waals surface area contributed by atoms with Crippen molar-refractivity contribution in [3.05, 3.63) is 70.3 Å². The second kappa shape index (κ2) is 5.80. The van der Waals surface area contributed by atoms with Gasteiger partial charge in [-0.3, -0.25) is 0 Å². The van der Waals surface area contributed by atoms with Crippen molar-refractivity contribution in [2.45, 2.75) is 13.8 Å². The molecule has 0 aliphatic heterocycles. The van der Waals surface area contributed by atoms with Crippen molar-refractivity contribution in [1.29, 1.82) is 0 Å². The van der Waals surface area contributed by atoms with Crippen molar-refractivity contribution >= 4 is 5.65 Å². The third kappa shape index (κ3) is 2.45. The predicted molar refractivity (Wildman–Crippen MR) is 93.5 cm³/mol. The minimum atomic E-state index is -0.661. The first kappa shape index (κ1) is 16.0. The molecule has 0 atom stereocenters. The molecule has 0 spiro atoms. The number of aryl methyl sites for hydroxylation is 2. The number of benzene rings is 1. The summed E-state index contributed by atoms with van der Waals surface area (Å²) in [5.41, 5.74) is 2.34. The van der Waals surface area contributed by atoms with E-state index in [-0.39, 0.29) is 17.1 Å². The summed E-state index contributed by atoms with van der Waals surface area (Å²) in [5.74, 6) is -0.216. The van der Waals surface area contributed by atoms with Crippen LogP contribution in [0.4, 0.5) is 4.39 Å². The highest BCUT2D eigenvalue weighted by Crippen LogP contribution is 2.31. The van der Waals surface area contributed by atoms with E-state index in [9.17, 15) is 14.3 Å². The Hall–Kier alpha value is -3.48. The van der Waals surface area contributed by atoms with Crippen molar-refractivity contribution < 1.29 is 13.9 Å². The molecule has 0 fully saturated rings. The van der Waals surface area contributed by atoms with E-state index in [4.69, 9.17) is 4.42 Å². The summed E-state index contributed by atoms with van der Waals surface area (Å²) in [4.78, 5) is 16.6. The van der Waals surface area contributed by atoms with Crippen molar-refractivity contribution in [2.75, 3.05) is 0 Å². The van der Waals surface area contributed by atoms with Crippen LogP contribution in [0.25, 0.3) is 28.0 Å². The molecule has 6 nitrogen and oxygen atoms in total. The fraction of sp³-hybridized carbons (Fsp3) is 0.105. The summed E-state index contributed by atoms with van der Waals surface area (Å²) < 4.78 is 19.8. The van der Waals surface area contributed by atoms with Gasteiger partial charge in [-0.05, 0) is 37.6 Å². The van der Waals surface area contributed by atoms with Crippen molar-refractivity contribution in [2.24, 2.45) is 0 Å². The Labute approximate surface area is 147 Å². The topological polar surface area (TPSA) is 80.6 Å². The normalized spacial score (nSPS) is 11.2. The second-order valence-corrected chi connectivity index (χ2v) is 5.94. The van der Waals surface area contributed by atoms with Crippen LogP contribution in [-0.2, 0) is 0 Å². The minimum absolute atomic E-state index is 0.0103.